The van der Waals surface area contributed by atoms with Crippen molar-refractivity contribution in [1.29, 1.82) is 0 Å². The van der Waals surface area contributed by atoms with Gasteiger partial charge in [-0.3, -0.25) is 4.99 Å². The summed E-state index contributed by atoms with van der Waals surface area (Å²) in [5, 5.41) is 6.01. The van der Waals surface area contributed by atoms with Crippen molar-refractivity contribution in [2.75, 3.05) is 19.6 Å². The molecule has 2 N–H and O–H groups in total. The molecule has 0 spiro atoms. The van der Waals surface area contributed by atoms with Crippen molar-refractivity contribution in [3.63, 3.8) is 0 Å². The Bertz CT molecular complexity index is 775. The van der Waals surface area contributed by atoms with Crippen LogP contribution in [0.15, 0.2) is 39.5 Å². The summed E-state index contributed by atoms with van der Waals surface area (Å²) in [4.78, 5) is 16.3. The van der Waals surface area contributed by atoms with Crippen LogP contribution in [0.25, 0.3) is 0 Å². The van der Waals surface area contributed by atoms with Crippen LogP contribution in [-0.4, -0.2) is 37.2 Å². The molecule has 0 radical (unpaired) electrons. The summed E-state index contributed by atoms with van der Waals surface area (Å²) in [6, 6.07) is 4.97. The molecule has 0 atom stereocenters. The van der Waals surface area contributed by atoms with E-state index in [1.54, 1.807) is 6.07 Å². The first kappa shape index (κ1) is 24.2. The number of rotatable bonds is 6. The average Bonchev–Trinajstić information content (AvgIpc) is 2.77. The first-order valence-electron chi connectivity index (χ1n) is 10.2. The van der Waals surface area contributed by atoms with Crippen molar-refractivity contribution >= 4 is 27.9 Å². The van der Waals surface area contributed by atoms with Crippen molar-refractivity contribution in [3.8, 4) is 0 Å². The number of benzene rings is 1. The summed E-state index contributed by atoms with van der Waals surface area (Å²) in [7, 11) is 0. The van der Waals surface area contributed by atoms with Crippen LogP contribution in [0.4, 0.5) is 9.18 Å². The van der Waals surface area contributed by atoms with E-state index in [4.69, 9.17) is 9.47 Å². The molecule has 1 amide bonds. The minimum Gasteiger partial charge on any atom is -0.492 e. The van der Waals surface area contributed by atoms with E-state index < -0.39 is 11.7 Å². The maximum Gasteiger partial charge on any atom is 0.407 e. The number of carbonyl (C=O) groups excluding carboxylic acids is 1. The zero-order valence-corrected chi connectivity index (χ0v) is 19.5. The van der Waals surface area contributed by atoms with E-state index in [-0.39, 0.29) is 5.82 Å². The van der Waals surface area contributed by atoms with Gasteiger partial charge in [0, 0.05) is 19.5 Å². The zero-order chi connectivity index (χ0) is 22.0. The fraction of sp³-hybridized carbons (Fsp3) is 0.545. The molecule has 1 aliphatic heterocycles. The molecule has 30 heavy (non-hydrogen) atoms. The molecule has 0 fully saturated rings. The molecule has 0 aromatic heterocycles. The minimum atomic E-state index is -0.510. The summed E-state index contributed by atoms with van der Waals surface area (Å²) < 4.78 is 25.2. The van der Waals surface area contributed by atoms with Crippen LogP contribution < -0.4 is 10.6 Å². The summed E-state index contributed by atoms with van der Waals surface area (Å²) >= 11 is 3.16. The molecule has 2 rings (SSSR count). The number of amidine groups is 1. The Hall–Kier alpha value is -2.09. The van der Waals surface area contributed by atoms with Crippen LogP contribution in [0.1, 0.15) is 52.0 Å². The summed E-state index contributed by atoms with van der Waals surface area (Å²) in [6.45, 7) is 7.24. The number of aliphatic imine (C=N–C) groups is 1. The van der Waals surface area contributed by atoms with Gasteiger partial charge in [0.1, 0.15) is 23.8 Å². The van der Waals surface area contributed by atoms with Crippen LogP contribution in [0.2, 0.25) is 0 Å². The Morgan fingerprint density at radius 3 is 2.80 bits per heavy atom. The number of ether oxygens (including phenoxy) is 2. The summed E-state index contributed by atoms with van der Waals surface area (Å²) in [5.74, 6) is 1.38. The molecule has 1 heterocycles. The summed E-state index contributed by atoms with van der Waals surface area (Å²) in [5.41, 5.74) is 0.261. The van der Waals surface area contributed by atoms with Crippen LogP contribution in [0.5, 0.6) is 0 Å². The lowest BCUT2D eigenvalue weighted by Gasteiger charge is -2.19. The van der Waals surface area contributed by atoms with Gasteiger partial charge in [0.05, 0.1) is 16.9 Å². The van der Waals surface area contributed by atoms with E-state index in [9.17, 15) is 9.18 Å². The third-order valence-electron chi connectivity index (χ3n) is 4.20. The highest BCUT2D eigenvalue weighted by molar-refractivity contribution is 9.10. The Kier molecular flexibility index (Phi) is 9.62. The van der Waals surface area contributed by atoms with Crippen LogP contribution in [0, 0.1) is 5.82 Å². The molecular formula is C22H31BrFN3O3. The van der Waals surface area contributed by atoms with Crippen LogP contribution in [-0.2, 0) is 16.1 Å². The van der Waals surface area contributed by atoms with Gasteiger partial charge in [-0.25, -0.2) is 9.18 Å². The molecule has 0 unspecified atom stereocenters. The molecular weight excluding hydrogens is 453 g/mol. The number of hydrogen-bond acceptors (Lipinski definition) is 5. The number of hydrogen-bond donors (Lipinski definition) is 2. The fourth-order valence-corrected chi connectivity index (χ4v) is 3.00. The van der Waals surface area contributed by atoms with Gasteiger partial charge in [-0.15, -0.1) is 0 Å². The molecule has 0 saturated heterocycles. The number of amides is 1. The maximum absolute atomic E-state index is 13.7. The van der Waals surface area contributed by atoms with Gasteiger partial charge in [-0.2, -0.15) is 0 Å². The fourth-order valence-electron chi connectivity index (χ4n) is 2.76. The lowest BCUT2D eigenvalue weighted by atomic mass is 10.2. The molecule has 6 nitrogen and oxygen atoms in total. The Morgan fingerprint density at radius 1 is 1.27 bits per heavy atom. The molecule has 0 bridgehead atoms. The van der Waals surface area contributed by atoms with E-state index in [1.165, 1.54) is 6.07 Å². The van der Waals surface area contributed by atoms with E-state index in [0.717, 1.165) is 42.8 Å². The van der Waals surface area contributed by atoms with Crippen molar-refractivity contribution in [1.82, 2.24) is 10.6 Å². The zero-order valence-electron chi connectivity index (χ0n) is 17.9. The highest BCUT2D eigenvalue weighted by Crippen LogP contribution is 2.18. The van der Waals surface area contributed by atoms with E-state index >= 15 is 0 Å². The number of nitrogens with one attached hydrogen (secondary N) is 2. The second-order valence-corrected chi connectivity index (χ2v) is 8.93. The van der Waals surface area contributed by atoms with Crippen molar-refractivity contribution in [3.05, 3.63) is 45.9 Å². The summed E-state index contributed by atoms with van der Waals surface area (Å²) in [6.07, 6.45) is 5.47. The highest BCUT2D eigenvalue weighted by Gasteiger charge is 2.15. The third kappa shape index (κ3) is 9.61. The quantitative estimate of drug-likeness (QED) is 0.553. The largest absolute Gasteiger partial charge is 0.492 e. The minimum absolute atomic E-state index is 0.300. The molecule has 0 saturated carbocycles. The predicted octanol–water partition coefficient (Wildman–Crippen LogP) is 5.08. The van der Waals surface area contributed by atoms with E-state index in [0.29, 0.717) is 30.7 Å². The number of nitrogens with zero attached hydrogens (tertiary/aromatic N) is 1. The smallest absolute Gasteiger partial charge is 0.407 e. The topological polar surface area (TPSA) is 72.0 Å². The Labute approximate surface area is 186 Å². The lowest BCUT2D eigenvalue weighted by molar-refractivity contribution is 0.0529. The van der Waals surface area contributed by atoms with Crippen molar-refractivity contribution < 1.29 is 18.7 Å². The molecule has 1 aliphatic rings. The van der Waals surface area contributed by atoms with Gasteiger partial charge >= 0.3 is 6.09 Å². The van der Waals surface area contributed by atoms with Gasteiger partial charge in [-0.05, 0) is 79.7 Å². The second-order valence-electron chi connectivity index (χ2n) is 8.07. The monoisotopic (exact) mass is 483 g/mol. The van der Waals surface area contributed by atoms with Crippen LogP contribution in [0.3, 0.4) is 0 Å². The number of carbonyl (C=O) groups is 1. The van der Waals surface area contributed by atoms with Crippen molar-refractivity contribution in [2.45, 2.75) is 58.7 Å². The first-order chi connectivity index (χ1) is 14.2. The highest BCUT2D eigenvalue weighted by atomic mass is 79.9. The van der Waals surface area contributed by atoms with Gasteiger partial charge in [0.2, 0.25) is 0 Å². The number of alkyl carbamates (subject to hydrolysis) is 1. The normalized spacial score (nSPS) is 15.1. The lowest BCUT2D eigenvalue weighted by Crippen LogP contribution is -2.38. The Balaban J connectivity index is 1.80. The van der Waals surface area contributed by atoms with Gasteiger partial charge in [0.25, 0.3) is 0 Å². The SMILES string of the molecule is CC(C)(C)OC(=O)NCCNC1=NCC(OCc2ccc(Br)c(F)c2)=CCCCC1. The molecule has 8 heteroatoms. The van der Waals surface area contributed by atoms with Gasteiger partial charge in [-0.1, -0.05) is 6.07 Å². The standard InChI is InChI=1S/C22H31BrFN3O3/c1-22(2,3)30-21(28)26-12-11-25-20-8-6-4-5-7-17(14-27-20)29-15-16-9-10-18(23)19(24)13-16/h7,9-10,13H,4-6,8,11-12,14-15H2,1-3H3,(H,25,27)(H,26,28). The van der Waals surface area contributed by atoms with Crippen molar-refractivity contribution in [2.24, 2.45) is 4.99 Å². The molecule has 166 valence electrons. The Morgan fingerprint density at radius 2 is 2.07 bits per heavy atom. The maximum atomic E-state index is 13.7. The third-order valence-corrected chi connectivity index (χ3v) is 4.84. The van der Waals surface area contributed by atoms with Crippen LogP contribution >= 0.6 is 15.9 Å². The van der Waals surface area contributed by atoms with E-state index in [2.05, 4.69) is 37.6 Å². The first-order valence-corrected chi connectivity index (χ1v) is 11.0. The molecule has 1 aromatic carbocycles. The average molecular weight is 484 g/mol. The second kappa shape index (κ2) is 11.9. The molecule has 0 aliphatic carbocycles. The van der Waals surface area contributed by atoms with E-state index in [1.807, 2.05) is 26.8 Å². The van der Waals surface area contributed by atoms with Gasteiger partial charge < -0.3 is 20.1 Å². The number of allylic oxidation sites excluding steroid dienone is 1. The number of halogens is 2. The van der Waals surface area contributed by atoms with Gasteiger partial charge in [0.15, 0.2) is 0 Å². The predicted molar refractivity (Wildman–Crippen MR) is 120 cm³/mol. The molecule has 1 aromatic rings.